The van der Waals surface area contributed by atoms with E-state index in [0.717, 1.165) is 5.56 Å². The van der Waals surface area contributed by atoms with Crippen LogP contribution in [0, 0.1) is 5.92 Å². The molecule has 1 aromatic rings. The van der Waals surface area contributed by atoms with Crippen LogP contribution in [0.1, 0.15) is 46.1 Å². The molecule has 0 spiro atoms. The Kier molecular flexibility index (Phi) is 7.69. The fourth-order valence-electron chi connectivity index (χ4n) is 2.24. The second kappa shape index (κ2) is 9.26. The van der Waals surface area contributed by atoms with E-state index in [1.807, 2.05) is 58.0 Å². The van der Waals surface area contributed by atoms with Crippen molar-refractivity contribution in [2.24, 2.45) is 5.92 Å². The molecule has 4 nitrogen and oxygen atoms in total. The number of carbonyl (C=O) groups is 2. The van der Waals surface area contributed by atoms with Crippen molar-refractivity contribution in [3.63, 3.8) is 0 Å². The van der Waals surface area contributed by atoms with Gasteiger partial charge in [0.15, 0.2) is 0 Å². The zero-order valence-corrected chi connectivity index (χ0v) is 15.2. The quantitative estimate of drug-likeness (QED) is 0.654. The maximum Gasteiger partial charge on any atom is 0.410 e. The number of ether oxygens (including phenoxy) is 1. The Labute approximate surface area is 145 Å². The van der Waals surface area contributed by atoms with Crippen LogP contribution in [0.5, 0.6) is 0 Å². The third-order valence-corrected chi connectivity index (χ3v) is 3.57. The molecule has 0 saturated carbocycles. The fraction of sp³-hybridized carbons (Fsp3) is 0.500. The predicted molar refractivity (Wildman–Crippen MR) is 96.7 cm³/mol. The van der Waals surface area contributed by atoms with Gasteiger partial charge in [-0.25, -0.2) is 4.79 Å². The summed E-state index contributed by atoms with van der Waals surface area (Å²) in [5.74, 6) is 0.0660. The molecule has 0 N–H and O–H groups in total. The first-order valence-corrected chi connectivity index (χ1v) is 8.38. The van der Waals surface area contributed by atoms with Crippen LogP contribution in [-0.4, -0.2) is 28.9 Å². The molecule has 4 heteroatoms. The van der Waals surface area contributed by atoms with Crippen LogP contribution in [0.4, 0.5) is 4.79 Å². The van der Waals surface area contributed by atoms with Gasteiger partial charge in [0, 0.05) is 25.4 Å². The van der Waals surface area contributed by atoms with E-state index >= 15 is 0 Å². The smallest absolute Gasteiger partial charge is 0.410 e. The first-order valence-electron chi connectivity index (χ1n) is 8.38. The molecule has 1 atom stereocenters. The number of Topliss-reactive ketones (excluding diaryl/α,β-unsaturated/α-hetero) is 1. The monoisotopic (exact) mass is 331 g/mol. The Bertz CT molecular complexity index is 546. The summed E-state index contributed by atoms with van der Waals surface area (Å²) >= 11 is 0. The van der Waals surface area contributed by atoms with Crippen LogP contribution in [0.25, 0.3) is 0 Å². The Hall–Kier alpha value is -2.10. The van der Waals surface area contributed by atoms with Crippen LogP contribution in [0.2, 0.25) is 0 Å². The lowest BCUT2D eigenvalue weighted by Gasteiger charge is -2.27. The van der Waals surface area contributed by atoms with Crippen molar-refractivity contribution in [3.8, 4) is 0 Å². The van der Waals surface area contributed by atoms with Gasteiger partial charge < -0.3 is 9.64 Å². The Morgan fingerprint density at radius 1 is 1.25 bits per heavy atom. The number of ketones is 1. The van der Waals surface area contributed by atoms with Gasteiger partial charge in [-0.3, -0.25) is 4.79 Å². The van der Waals surface area contributed by atoms with Crippen molar-refractivity contribution in [2.45, 2.75) is 52.7 Å². The van der Waals surface area contributed by atoms with Gasteiger partial charge in [-0.2, -0.15) is 0 Å². The topological polar surface area (TPSA) is 46.6 Å². The molecule has 0 aliphatic rings. The summed E-state index contributed by atoms with van der Waals surface area (Å²) in [6.07, 6.45) is 2.33. The second-order valence-corrected chi connectivity index (χ2v) is 7.03. The highest BCUT2D eigenvalue weighted by atomic mass is 16.6. The van der Waals surface area contributed by atoms with E-state index in [1.54, 1.807) is 11.0 Å². The van der Waals surface area contributed by atoms with Crippen LogP contribution < -0.4 is 0 Å². The van der Waals surface area contributed by atoms with Crippen molar-refractivity contribution in [1.29, 1.82) is 0 Å². The Morgan fingerprint density at radius 2 is 1.88 bits per heavy atom. The molecule has 1 rings (SSSR count). The molecule has 0 aliphatic heterocycles. The number of benzene rings is 1. The van der Waals surface area contributed by atoms with Crippen molar-refractivity contribution in [3.05, 3.63) is 48.6 Å². The van der Waals surface area contributed by atoms with E-state index in [0.29, 0.717) is 25.9 Å². The van der Waals surface area contributed by atoms with Gasteiger partial charge in [-0.15, -0.1) is 6.58 Å². The molecule has 0 aromatic heterocycles. The predicted octanol–water partition coefficient (Wildman–Crippen LogP) is 4.60. The number of hydrogen-bond acceptors (Lipinski definition) is 3. The SMILES string of the molecule is C=CCC(C)C(=O)CCN(Cc1ccccc1)C(=O)OC(C)(C)C. The number of amides is 1. The summed E-state index contributed by atoms with van der Waals surface area (Å²) in [6.45, 7) is 11.8. The highest BCUT2D eigenvalue weighted by Gasteiger charge is 2.23. The normalized spacial score (nSPS) is 12.3. The van der Waals surface area contributed by atoms with Gasteiger partial charge in [0.2, 0.25) is 0 Å². The van der Waals surface area contributed by atoms with Crippen molar-refractivity contribution in [1.82, 2.24) is 4.90 Å². The zero-order chi connectivity index (χ0) is 18.2. The average molecular weight is 331 g/mol. The third-order valence-electron chi connectivity index (χ3n) is 3.57. The van der Waals surface area contributed by atoms with E-state index < -0.39 is 11.7 Å². The summed E-state index contributed by atoms with van der Waals surface area (Å²) in [6, 6.07) is 9.71. The molecule has 24 heavy (non-hydrogen) atoms. The lowest BCUT2D eigenvalue weighted by atomic mass is 10.00. The van der Waals surface area contributed by atoms with Crippen LogP contribution in [-0.2, 0) is 16.1 Å². The first kappa shape index (κ1) is 19.9. The van der Waals surface area contributed by atoms with E-state index in [1.165, 1.54) is 0 Å². The molecule has 0 radical (unpaired) electrons. The highest BCUT2D eigenvalue weighted by molar-refractivity contribution is 5.81. The minimum Gasteiger partial charge on any atom is -0.444 e. The number of hydrogen-bond donors (Lipinski definition) is 0. The van der Waals surface area contributed by atoms with Gasteiger partial charge in [0.05, 0.1) is 0 Å². The highest BCUT2D eigenvalue weighted by Crippen LogP contribution is 2.14. The van der Waals surface area contributed by atoms with Gasteiger partial charge in [-0.1, -0.05) is 43.3 Å². The summed E-state index contributed by atoms with van der Waals surface area (Å²) in [4.78, 5) is 26.2. The zero-order valence-electron chi connectivity index (χ0n) is 15.2. The maximum absolute atomic E-state index is 12.4. The number of nitrogens with zero attached hydrogens (tertiary/aromatic N) is 1. The molecular weight excluding hydrogens is 302 g/mol. The molecule has 0 bridgehead atoms. The van der Waals surface area contributed by atoms with E-state index in [-0.39, 0.29) is 11.7 Å². The lowest BCUT2D eigenvalue weighted by Crippen LogP contribution is -2.38. The summed E-state index contributed by atoms with van der Waals surface area (Å²) in [7, 11) is 0. The van der Waals surface area contributed by atoms with E-state index in [2.05, 4.69) is 6.58 Å². The van der Waals surface area contributed by atoms with Gasteiger partial charge >= 0.3 is 6.09 Å². The standard InChI is InChI=1S/C20H29NO3/c1-6-10-16(2)18(22)13-14-21(19(23)24-20(3,4)5)15-17-11-8-7-9-12-17/h6-9,11-12,16H,1,10,13-15H2,2-5H3. The summed E-state index contributed by atoms with van der Waals surface area (Å²) in [5, 5.41) is 0. The van der Waals surface area contributed by atoms with Crippen molar-refractivity contribution < 1.29 is 14.3 Å². The molecule has 1 unspecified atom stereocenters. The van der Waals surface area contributed by atoms with Crippen LogP contribution in [0.3, 0.4) is 0 Å². The Morgan fingerprint density at radius 3 is 2.42 bits per heavy atom. The van der Waals surface area contributed by atoms with E-state index in [4.69, 9.17) is 4.74 Å². The summed E-state index contributed by atoms with van der Waals surface area (Å²) in [5.41, 5.74) is 0.446. The minimum atomic E-state index is -0.563. The van der Waals surface area contributed by atoms with Gasteiger partial charge in [0.25, 0.3) is 0 Å². The average Bonchev–Trinajstić information content (AvgIpc) is 2.50. The van der Waals surface area contributed by atoms with Gasteiger partial charge in [-0.05, 0) is 32.8 Å². The number of allylic oxidation sites excluding steroid dienone is 1. The van der Waals surface area contributed by atoms with E-state index in [9.17, 15) is 9.59 Å². The van der Waals surface area contributed by atoms with Gasteiger partial charge in [0.1, 0.15) is 11.4 Å². The second-order valence-electron chi connectivity index (χ2n) is 7.03. The lowest BCUT2D eigenvalue weighted by molar-refractivity contribution is -0.122. The molecule has 0 aliphatic carbocycles. The first-order chi connectivity index (χ1) is 11.2. The Balaban J connectivity index is 2.75. The molecule has 132 valence electrons. The maximum atomic E-state index is 12.4. The third kappa shape index (κ3) is 7.44. The molecule has 1 aromatic carbocycles. The largest absolute Gasteiger partial charge is 0.444 e. The number of carbonyl (C=O) groups excluding carboxylic acids is 2. The fourth-order valence-corrected chi connectivity index (χ4v) is 2.24. The molecule has 0 fully saturated rings. The molecular formula is C20H29NO3. The van der Waals surface area contributed by atoms with Crippen LogP contribution in [0.15, 0.2) is 43.0 Å². The summed E-state index contributed by atoms with van der Waals surface area (Å²) < 4.78 is 5.47. The molecule has 0 saturated heterocycles. The molecule has 0 heterocycles. The van der Waals surface area contributed by atoms with Crippen LogP contribution >= 0.6 is 0 Å². The van der Waals surface area contributed by atoms with Crippen molar-refractivity contribution >= 4 is 11.9 Å². The molecule has 1 amide bonds. The number of rotatable bonds is 8. The van der Waals surface area contributed by atoms with Crippen molar-refractivity contribution in [2.75, 3.05) is 6.54 Å². The minimum absolute atomic E-state index is 0.0697.